The summed E-state index contributed by atoms with van der Waals surface area (Å²) in [6, 6.07) is 13.5. The molecule has 3 rings (SSSR count). The molecule has 25 heavy (non-hydrogen) atoms. The van der Waals surface area contributed by atoms with Crippen LogP contribution in [0.3, 0.4) is 0 Å². The molecule has 0 saturated heterocycles. The van der Waals surface area contributed by atoms with Crippen molar-refractivity contribution in [2.45, 2.75) is 13.8 Å². The van der Waals surface area contributed by atoms with E-state index in [4.69, 9.17) is 4.74 Å². The molecule has 2 aromatic carbocycles. The summed E-state index contributed by atoms with van der Waals surface area (Å²) in [4.78, 5) is 15.8. The Morgan fingerprint density at radius 1 is 1.16 bits per heavy atom. The van der Waals surface area contributed by atoms with Crippen LogP contribution in [0.1, 0.15) is 12.5 Å². The lowest BCUT2D eigenvalue weighted by Crippen LogP contribution is -2.05. The van der Waals surface area contributed by atoms with E-state index in [1.165, 1.54) is 18.3 Å². The quantitative estimate of drug-likeness (QED) is 0.690. The van der Waals surface area contributed by atoms with E-state index in [9.17, 15) is 4.79 Å². The lowest BCUT2D eigenvalue weighted by molar-refractivity contribution is -0.114. The van der Waals surface area contributed by atoms with E-state index in [2.05, 4.69) is 15.6 Å². The van der Waals surface area contributed by atoms with Crippen LogP contribution in [-0.2, 0) is 4.79 Å². The van der Waals surface area contributed by atoms with Gasteiger partial charge in [0.2, 0.25) is 5.91 Å². The number of ether oxygens (including phenoxy) is 1. The SMILES string of the molecule is COc1ccc(-c2csc(Nc3cccc(NC(C)=O)c3)n2)c(C)c1. The van der Waals surface area contributed by atoms with Gasteiger partial charge in [-0.3, -0.25) is 4.79 Å². The Morgan fingerprint density at radius 2 is 1.96 bits per heavy atom. The summed E-state index contributed by atoms with van der Waals surface area (Å²) in [7, 11) is 1.66. The largest absolute Gasteiger partial charge is 0.497 e. The maximum absolute atomic E-state index is 11.2. The fourth-order valence-corrected chi connectivity index (χ4v) is 3.24. The number of carbonyl (C=O) groups excluding carboxylic acids is 1. The predicted molar refractivity (Wildman–Crippen MR) is 103 cm³/mol. The molecular weight excluding hydrogens is 334 g/mol. The smallest absolute Gasteiger partial charge is 0.221 e. The van der Waals surface area contributed by atoms with Gasteiger partial charge >= 0.3 is 0 Å². The number of nitrogens with zero attached hydrogens (tertiary/aromatic N) is 1. The predicted octanol–water partition coefficient (Wildman–Crippen LogP) is 4.83. The third kappa shape index (κ3) is 4.16. The highest BCUT2D eigenvalue weighted by atomic mass is 32.1. The Morgan fingerprint density at radius 3 is 2.68 bits per heavy atom. The third-order valence-electron chi connectivity index (χ3n) is 3.65. The van der Waals surface area contributed by atoms with Crippen molar-refractivity contribution in [2.75, 3.05) is 17.7 Å². The molecule has 0 spiro atoms. The van der Waals surface area contributed by atoms with Gasteiger partial charge in [0.05, 0.1) is 12.8 Å². The second-order valence-corrected chi connectivity index (χ2v) is 6.46. The molecule has 1 heterocycles. The minimum atomic E-state index is -0.0938. The Balaban J connectivity index is 1.79. The average Bonchev–Trinajstić information content (AvgIpc) is 3.02. The van der Waals surface area contributed by atoms with E-state index >= 15 is 0 Å². The second kappa shape index (κ2) is 7.36. The zero-order valence-electron chi connectivity index (χ0n) is 14.3. The van der Waals surface area contributed by atoms with Gasteiger partial charge in [0, 0.05) is 29.2 Å². The van der Waals surface area contributed by atoms with Gasteiger partial charge in [0.25, 0.3) is 0 Å². The Bertz CT molecular complexity index is 905. The topological polar surface area (TPSA) is 63.2 Å². The van der Waals surface area contributed by atoms with Crippen molar-refractivity contribution in [1.29, 1.82) is 0 Å². The van der Waals surface area contributed by atoms with Gasteiger partial charge in [-0.05, 0) is 48.9 Å². The first kappa shape index (κ1) is 17.0. The first-order chi connectivity index (χ1) is 12.0. The highest BCUT2D eigenvalue weighted by Crippen LogP contribution is 2.31. The molecular formula is C19H19N3O2S. The van der Waals surface area contributed by atoms with Crippen molar-refractivity contribution >= 4 is 33.8 Å². The molecule has 0 fully saturated rings. The molecule has 128 valence electrons. The van der Waals surface area contributed by atoms with Gasteiger partial charge in [-0.25, -0.2) is 4.98 Å². The van der Waals surface area contributed by atoms with Crippen LogP contribution in [0, 0.1) is 6.92 Å². The molecule has 0 atom stereocenters. The fraction of sp³-hybridized carbons (Fsp3) is 0.158. The van der Waals surface area contributed by atoms with E-state index in [-0.39, 0.29) is 5.91 Å². The van der Waals surface area contributed by atoms with Crippen molar-refractivity contribution < 1.29 is 9.53 Å². The molecule has 0 bridgehead atoms. The zero-order valence-corrected chi connectivity index (χ0v) is 15.1. The summed E-state index contributed by atoms with van der Waals surface area (Å²) in [6.45, 7) is 3.53. The summed E-state index contributed by atoms with van der Waals surface area (Å²) < 4.78 is 5.25. The molecule has 0 aliphatic heterocycles. The maximum Gasteiger partial charge on any atom is 0.221 e. The van der Waals surface area contributed by atoms with Gasteiger partial charge in [-0.15, -0.1) is 11.3 Å². The number of rotatable bonds is 5. The number of hydrogen-bond donors (Lipinski definition) is 2. The summed E-state index contributed by atoms with van der Waals surface area (Å²) in [5.74, 6) is 0.744. The fourth-order valence-electron chi connectivity index (χ4n) is 2.51. The highest BCUT2D eigenvalue weighted by molar-refractivity contribution is 7.14. The van der Waals surface area contributed by atoms with Gasteiger partial charge in [-0.2, -0.15) is 0 Å². The monoisotopic (exact) mass is 353 g/mol. The number of aryl methyl sites for hydroxylation is 1. The number of hydrogen-bond acceptors (Lipinski definition) is 5. The van der Waals surface area contributed by atoms with Crippen LogP contribution in [0.15, 0.2) is 47.8 Å². The number of amides is 1. The Labute approximate surface area is 150 Å². The number of carbonyl (C=O) groups is 1. The molecule has 0 aliphatic rings. The first-order valence-electron chi connectivity index (χ1n) is 7.80. The molecule has 1 aromatic heterocycles. The minimum absolute atomic E-state index is 0.0938. The average molecular weight is 353 g/mol. The van der Waals surface area contributed by atoms with Crippen molar-refractivity contribution in [2.24, 2.45) is 0 Å². The standard InChI is InChI=1S/C19H19N3O2S/c1-12-9-16(24-3)7-8-17(12)18-11-25-19(22-18)21-15-6-4-5-14(10-15)20-13(2)23/h4-11H,1-3H3,(H,20,23)(H,21,22). The minimum Gasteiger partial charge on any atom is -0.497 e. The van der Waals surface area contributed by atoms with Crippen LogP contribution in [0.5, 0.6) is 5.75 Å². The van der Waals surface area contributed by atoms with Crippen molar-refractivity contribution in [3.8, 4) is 17.0 Å². The zero-order chi connectivity index (χ0) is 17.8. The van der Waals surface area contributed by atoms with Crippen LogP contribution in [0.4, 0.5) is 16.5 Å². The molecule has 0 radical (unpaired) electrons. The van der Waals surface area contributed by atoms with Crippen molar-refractivity contribution in [3.05, 3.63) is 53.4 Å². The van der Waals surface area contributed by atoms with Crippen molar-refractivity contribution in [1.82, 2.24) is 4.98 Å². The number of thiazole rings is 1. The summed E-state index contributed by atoms with van der Waals surface area (Å²) in [5.41, 5.74) is 4.74. The molecule has 2 N–H and O–H groups in total. The van der Waals surface area contributed by atoms with Crippen LogP contribution in [-0.4, -0.2) is 18.0 Å². The first-order valence-corrected chi connectivity index (χ1v) is 8.68. The van der Waals surface area contributed by atoms with Crippen LogP contribution >= 0.6 is 11.3 Å². The molecule has 0 saturated carbocycles. The number of benzene rings is 2. The van der Waals surface area contributed by atoms with Gasteiger partial charge in [0.1, 0.15) is 5.75 Å². The second-order valence-electron chi connectivity index (χ2n) is 5.61. The van der Waals surface area contributed by atoms with Gasteiger partial charge in [0.15, 0.2) is 5.13 Å². The van der Waals surface area contributed by atoms with E-state index in [1.807, 2.05) is 54.8 Å². The number of aromatic nitrogens is 1. The van der Waals surface area contributed by atoms with E-state index in [0.717, 1.165) is 39.1 Å². The summed E-state index contributed by atoms with van der Waals surface area (Å²) in [6.07, 6.45) is 0. The van der Waals surface area contributed by atoms with Crippen LogP contribution < -0.4 is 15.4 Å². The molecule has 1 amide bonds. The highest BCUT2D eigenvalue weighted by Gasteiger charge is 2.09. The van der Waals surface area contributed by atoms with Crippen molar-refractivity contribution in [3.63, 3.8) is 0 Å². The Hall–Kier alpha value is -2.86. The van der Waals surface area contributed by atoms with Gasteiger partial charge < -0.3 is 15.4 Å². The Kier molecular flexibility index (Phi) is 5.00. The van der Waals surface area contributed by atoms with E-state index < -0.39 is 0 Å². The number of methoxy groups -OCH3 is 1. The normalized spacial score (nSPS) is 10.4. The van der Waals surface area contributed by atoms with Crippen LogP contribution in [0.2, 0.25) is 0 Å². The summed E-state index contributed by atoms with van der Waals surface area (Å²) >= 11 is 1.54. The molecule has 6 heteroatoms. The molecule has 5 nitrogen and oxygen atoms in total. The van der Waals surface area contributed by atoms with E-state index in [0.29, 0.717) is 0 Å². The van der Waals surface area contributed by atoms with Gasteiger partial charge in [-0.1, -0.05) is 6.07 Å². The maximum atomic E-state index is 11.2. The lowest BCUT2D eigenvalue weighted by Gasteiger charge is -2.07. The number of anilines is 3. The summed E-state index contributed by atoms with van der Waals surface area (Å²) in [5, 5.41) is 8.87. The molecule has 0 aliphatic carbocycles. The molecule has 3 aromatic rings. The molecule has 0 unspecified atom stereocenters. The number of nitrogens with one attached hydrogen (secondary N) is 2. The third-order valence-corrected chi connectivity index (χ3v) is 4.41. The van der Waals surface area contributed by atoms with E-state index in [1.54, 1.807) is 7.11 Å². The lowest BCUT2D eigenvalue weighted by atomic mass is 10.1. The van der Waals surface area contributed by atoms with Crippen LogP contribution in [0.25, 0.3) is 11.3 Å².